The first-order chi connectivity index (χ1) is 16.5. The Morgan fingerprint density at radius 1 is 1.18 bits per heavy atom. The number of aromatic nitrogens is 3. The van der Waals surface area contributed by atoms with Gasteiger partial charge in [0.2, 0.25) is 0 Å². The molecule has 34 heavy (non-hydrogen) atoms. The molecule has 0 aliphatic carbocycles. The van der Waals surface area contributed by atoms with Crippen LogP contribution in [0.3, 0.4) is 0 Å². The summed E-state index contributed by atoms with van der Waals surface area (Å²) in [6, 6.07) is 14.5. The molecule has 1 unspecified atom stereocenters. The van der Waals surface area contributed by atoms with Gasteiger partial charge in [0, 0.05) is 42.4 Å². The highest BCUT2D eigenvalue weighted by Gasteiger charge is 2.30. The normalized spacial score (nSPS) is 22.0. The number of aliphatic hydroxyl groups is 1. The maximum atomic E-state index is 10.4. The van der Waals surface area contributed by atoms with Crippen LogP contribution in [0.25, 0.3) is 16.9 Å². The van der Waals surface area contributed by atoms with Gasteiger partial charge in [-0.05, 0) is 62.2 Å². The monoisotopic (exact) mass is 456 g/mol. The second-order valence-electron chi connectivity index (χ2n) is 9.32. The maximum Gasteiger partial charge on any atom is 0.180 e. The predicted molar refractivity (Wildman–Crippen MR) is 133 cm³/mol. The van der Waals surface area contributed by atoms with Gasteiger partial charge < -0.3 is 30.2 Å². The summed E-state index contributed by atoms with van der Waals surface area (Å²) < 4.78 is 7.69. The summed E-state index contributed by atoms with van der Waals surface area (Å²) in [4.78, 5) is 9.41. The smallest absolute Gasteiger partial charge is 0.180 e. The van der Waals surface area contributed by atoms with E-state index in [1.54, 1.807) is 6.20 Å². The van der Waals surface area contributed by atoms with Crippen LogP contribution in [-0.4, -0.2) is 44.8 Å². The van der Waals surface area contributed by atoms with Crippen molar-refractivity contribution in [1.29, 1.82) is 0 Å². The first kappa shape index (κ1) is 20.9. The highest BCUT2D eigenvalue weighted by Crippen LogP contribution is 2.34. The zero-order valence-electron chi connectivity index (χ0n) is 19.1. The second kappa shape index (κ2) is 8.30. The zero-order valence-corrected chi connectivity index (χ0v) is 19.1. The molecule has 1 saturated heterocycles. The topological polar surface area (TPSA) is 95.7 Å². The van der Waals surface area contributed by atoms with Crippen molar-refractivity contribution < 1.29 is 9.84 Å². The third-order valence-electron chi connectivity index (χ3n) is 6.60. The fraction of sp³-hybridized carbons (Fsp3) is 0.308. The Labute approximate surface area is 198 Å². The van der Waals surface area contributed by atoms with E-state index in [2.05, 4.69) is 39.1 Å². The van der Waals surface area contributed by atoms with Crippen LogP contribution in [-0.2, 0) is 0 Å². The molecule has 6 rings (SSSR count). The summed E-state index contributed by atoms with van der Waals surface area (Å²) in [5, 5.41) is 20.8. The minimum absolute atomic E-state index is 0.153. The highest BCUT2D eigenvalue weighted by molar-refractivity contribution is 5.76. The molecule has 0 amide bonds. The molecule has 2 aromatic heterocycles. The third kappa shape index (κ3) is 4.06. The number of nitrogens with zero attached hydrogens (tertiary/aromatic N) is 3. The Morgan fingerprint density at radius 2 is 2.06 bits per heavy atom. The van der Waals surface area contributed by atoms with Crippen LogP contribution >= 0.6 is 0 Å². The van der Waals surface area contributed by atoms with Crippen molar-refractivity contribution >= 4 is 22.8 Å². The Balaban J connectivity index is 1.29. The number of rotatable bonds is 4. The van der Waals surface area contributed by atoms with E-state index >= 15 is 0 Å². The quantitative estimate of drug-likeness (QED) is 0.367. The number of hydrogen-bond donors (Lipinski definition) is 4. The number of benzene rings is 2. The molecule has 174 valence electrons. The Hall–Kier alpha value is -3.62. The second-order valence-corrected chi connectivity index (χ2v) is 9.32. The fourth-order valence-corrected chi connectivity index (χ4v) is 4.76. The lowest BCUT2D eigenvalue weighted by atomic mass is 9.86. The molecule has 2 aliphatic rings. The highest BCUT2D eigenvalue weighted by atomic mass is 16.5. The number of fused-ring (bicyclic) bond motifs is 2. The molecule has 4 aromatic rings. The molecule has 0 radical (unpaired) electrons. The van der Waals surface area contributed by atoms with Crippen molar-refractivity contribution in [2.24, 2.45) is 0 Å². The number of piperidine rings is 1. The van der Waals surface area contributed by atoms with Gasteiger partial charge in [0.05, 0.1) is 17.0 Å². The van der Waals surface area contributed by atoms with Crippen molar-refractivity contribution in [2.75, 3.05) is 30.3 Å². The molecule has 8 heteroatoms. The van der Waals surface area contributed by atoms with Gasteiger partial charge in [-0.25, -0.2) is 9.97 Å². The molecule has 2 atom stereocenters. The molecule has 0 bridgehead atoms. The predicted octanol–water partition coefficient (Wildman–Crippen LogP) is 4.12. The Kier molecular flexibility index (Phi) is 5.12. The SMILES string of the molecule is C[C@@]1(O)CCNC(c2ccc(Nc3nc(-c4ccc5c(c4)NCCO5)cn4ccnc34)cc2)C1. The number of nitrogens with one attached hydrogen (secondary N) is 3. The molecule has 4 N–H and O–H groups in total. The molecular formula is C26H28N6O2. The average molecular weight is 457 g/mol. The summed E-state index contributed by atoms with van der Waals surface area (Å²) >= 11 is 0. The van der Waals surface area contributed by atoms with Gasteiger partial charge in [-0.15, -0.1) is 0 Å². The molecule has 2 aromatic carbocycles. The van der Waals surface area contributed by atoms with Crippen LogP contribution < -0.4 is 20.7 Å². The molecule has 0 saturated carbocycles. The van der Waals surface area contributed by atoms with Gasteiger partial charge in [-0.2, -0.15) is 0 Å². The lowest BCUT2D eigenvalue weighted by molar-refractivity contribution is 0.0132. The van der Waals surface area contributed by atoms with E-state index in [9.17, 15) is 5.11 Å². The van der Waals surface area contributed by atoms with Crippen LogP contribution in [0, 0.1) is 0 Å². The maximum absolute atomic E-state index is 10.4. The Morgan fingerprint density at radius 3 is 2.91 bits per heavy atom. The lowest BCUT2D eigenvalue weighted by Crippen LogP contribution is -2.41. The van der Waals surface area contributed by atoms with Gasteiger partial charge in [0.15, 0.2) is 11.5 Å². The van der Waals surface area contributed by atoms with Crippen molar-refractivity contribution in [3.63, 3.8) is 0 Å². The van der Waals surface area contributed by atoms with Crippen LogP contribution in [0.2, 0.25) is 0 Å². The Bertz CT molecular complexity index is 1330. The van der Waals surface area contributed by atoms with Crippen molar-refractivity contribution in [3.05, 3.63) is 66.6 Å². The first-order valence-corrected chi connectivity index (χ1v) is 11.7. The first-order valence-electron chi connectivity index (χ1n) is 11.7. The largest absolute Gasteiger partial charge is 0.490 e. The number of imidazole rings is 1. The lowest BCUT2D eigenvalue weighted by Gasteiger charge is -2.35. The van der Waals surface area contributed by atoms with Gasteiger partial charge in [0.25, 0.3) is 0 Å². The summed E-state index contributed by atoms with van der Waals surface area (Å²) in [5.74, 6) is 1.56. The van der Waals surface area contributed by atoms with E-state index in [4.69, 9.17) is 9.72 Å². The van der Waals surface area contributed by atoms with Crippen LogP contribution in [0.1, 0.15) is 31.4 Å². The molecule has 1 fully saturated rings. The number of hydrogen-bond acceptors (Lipinski definition) is 7. The number of ether oxygens (including phenoxy) is 1. The van der Waals surface area contributed by atoms with E-state index in [0.717, 1.165) is 53.5 Å². The molecule has 4 heterocycles. The number of anilines is 3. The van der Waals surface area contributed by atoms with Crippen molar-refractivity contribution in [1.82, 2.24) is 19.7 Å². The van der Waals surface area contributed by atoms with Crippen LogP contribution in [0.15, 0.2) is 61.1 Å². The van der Waals surface area contributed by atoms with E-state index < -0.39 is 5.60 Å². The standard InChI is InChI=1S/C26H28N6O2/c1-26(33)8-9-27-21(15-26)17-2-5-19(6-3-17)30-24-25-29-10-12-32(25)16-22(31-24)18-4-7-23-20(14-18)28-11-13-34-23/h2-7,10,12,14,16,21,27-28,33H,8-9,11,13,15H2,1H3,(H,30,31)/t21?,26-/m1/s1. The molecule has 0 spiro atoms. The van der Waals surface area contributed by atoms with E-state index in [0.29, 0.717) is 18.8 Å². The summed E-state index contributed by atoms with van der Waals surface area (Å²) in [7, 11) is 0. The van der Waals surface area contributed by atoms with Gasteiger partial charge in [0.1, 0.15) is 12.4 Å². The summed E-state index contributed by atoms with van der Waals surface area (Å²) in [6.45, 7) is 4.20. The van der Waals surface area contributed by atoms with E-state index in [1.807, 2.05) is 48.0 Å². The van der Waals surface area contributed by atoms with E-state index in [1.165, 1.54) is 5.56 Å². The summed E-state index contributed by atoms with van der Waals surface area (Å²) in [6.07, 6.45) is 7.17. The zero-order chi connectivity index (χ0) is 23.1. The van der Waals surface area contributed by atoms with Crippen LogP contribution in [0.5, 0.6) is 5.75 Å². The minimum atomic E-state index is -0.623. The fourth-order valence-electron chi connectivity index (χ4n) is 4.76. The van der Waals surface area contributed by atoms with Crippen molar-refractivity contribution in [3.8, 4) is 17.0 Å². The average Bonchev–Trinajstić information content (AvgIpc) is 3.33. The minimum Gasteiger partial charge on any atom is -0.490 e. The van der Waals surface area contributed by atoms with Crippen molar-refractivity contribution in [2.45, 2.75) is 31.4 Å². The molecule has 8 nitrogen and oxygen atoms in total. The molecular weight excluding hydrogens is 428 g/mol. The third-order valence-corrected chi connectivity index (χ3v) is 6.60. The van der Waals surface area contributed by atoms with E-state index in [-0.39, 0.29) is 6.04 Å². The van der Waals surface area contributed by atoms with Crippen LogP contribution in [0.4, 0.5) is 17.2 Å². The molecule has 2 aliphatic heterocycles. The van der Waals surface area contributed by atoms with Gasteiger partial charge >= 0.3 is 0 Å². The summed E-state index contributed by atoms with van der Waals surface area (Å²) in [5.41, 5.74) is 5.06. The van der Waals surface area contributed by atoms with Gasteiger partial charge in [-0.1, -0.05) is 12.1 Å². The van der Waals surface area contributed by atoms with Gasteiger partial charge in [-0.3, -0.25) is 0 Å².